The van der Waals surface area contributed by atoms with E-state index in [-0.39, 0.29) is 0 Å². The molecule has 1 aromatic rings. The maximum atomic E-state index is 11.0. The van der Waals surface area contributed by atoms with Crippen LogP contribution in [0, 0.1) is 0 Å². The summed E-state index contributed by atoms with van der Waals surface area (Å²) in [6.07, 6.45) is 0. The van der Waals surface area contributed by atoms with Crippen LogP contribution in [0.25, 0.3) is 0 Å². The van der Waals surface area contributed by atoms with Crippen LogP contribution in [0.2, 0.25) is 0 Å². The number of halogens is 1. The van der Waals surface area contributed by atoms with Gasteiger partial charge in [-0.25, -0.2) is 0 Å². The third-order valence-electron chi connectivity index (χ3n) is 1.89. The highest BCUT2D eigenvalue weighted by Crippen LogP contribution is 2.24. The average molecular weight is 229 g/mol. The lowest BCUT2D eigenvalue weighted by Gasteiger charge is -2.22. The van der Waals surface area contributed by atoms with Crippen LogP contribution in [0.1, 0.15) is 13.8 Å². The lowest BCUT2D eigenvalue weighted by atomic mass is 10.1. The largest absolute Gasteiger partial charge is 0.497 e. The molecule has 0 aliphatic carbocycles. The van der Waals surface area contributed by atoms with E-state index in [2.05, 4.69) is 0 Å². The monoisotopic (exact) mass is 228 g/mol. The number of carbonyl (C=O) groups is 1. The van der Waals surface area contributed by atoms with Gasteiger partial charge >= 0.3 is 0 Å². The molecule has 4 heteroatoms. The molecule has 0 saturated carbocycles. The molecule has 0 saturated heterocycles. The molecule has 0 N–H and O–H groups in total. The molecule has 0 bridgehead atoms. The quantitative estimate of drug-likeness (QED) is 0.744. The molecular formula is C11H13ClO3. The Kier molecular flexibility index (Phi) is 3.58. The Hall–Kier alpha value is -1.22. The molecule has 0 heterocycles. The summed E-state index contributed by atoms with van der Waals surface area (Å²) in [6, 6.07) is 7.01. The minimum Gasteiger partial charge on any atom is -0.497 e. The maximum absolute atomic E-state index is 11.0. The molecule has 0 radical (unpaired) electrons. The van der Waals surface area contributed by atoms with E-state index < -0.39 is 10.8 Å². The standard InChI is InChI=1S/C11H13ClO3/c1-11(2,10(12)13)15-9-6-4-5-8(7-9)14-3/h4-7H,1-3H3. The Morgan fingerprint density at radius 1 is 1.33 bits per heavy atom. The predicted octanol–water partition coefficient (Wildman–Crippen LogP) is 2.62. The van der Waals surface area contributed by atoms with Gasteiger partial charge in [0.05, 0.1) is 7.11 Å². The van der Waals surface area contributed by atoms with Crippen molar-refractivity contribution in [2.45, 2.75) is 19.4 Å². The summed E-state index contributed by atoms with van der Waals surface area (Å²) in [4.78, 5) is 11.0. The normalized spacial score (nSPS) is 10.9. The Morgan fingerprint density at radius 2 is 1.93 bits per heavy atom. The van der Waals surface area contributed by atoms with Gasteiger partial charge in [0.25, 0.3) is 5.24 Å². The zero-order valence-corrected chi connectivity index (χ0v) is 9.67. The molecule has 0 amide bonds. The second-order valence-electron chi connectivity index (χ2n) is 3.57. The lowest BCUT2D eigenvalue weighted by Crippen LogP contribution is -2.34. The van der Waals surface area contributed by atoms with Crippen molar-refractivity contribution in [1.29, 1.82) is 0 Å². The number of hydrogen-bond acceptors (Lipinski definition) is 3. The van der Waals surface area contributed by atoms with Crippen molar-refractivity contribution in [3.8, 4) is 11.5 Å². The molecule has 0 fully saturated rings. The van der Waals surface area contributed by atoms with Crippen molar-refractivity contribution in [1.82, 2.24) is 0 Å². The second-order valence-corrected chi connectivity index (χ2v) is 3.91. The first-order chi connectivity index (χ1) is 6.95. The summed E-state index contributed by atoms with van der Waals surface area (Å²) < 4.78 is 10.5. The van der Waals surface area contributed by atoms with Crippen LogP contribution in [0.5, 0.6) is 11.5 Å². The summed E-state index contributed by atoms with van der Waals surface area (Å²) in [7, 11) is 1.57. The van der Waals surface area contributed by atoms with Gasteiger partial charge in [0.15, 0.2) is 5.60 Å². The molecule has 1 rings (SSSR count). The first-order valence-electron chi connectivity index (χ1n) is 4.49. The first kappa shape index (κ1) is 11.9. The molecular weight excluding hydrogens is 216 g/mol. The van der Waals surface area contributed by atoms with Crippen LogP contribution < -0.4 is 9.47 Å². The summed E-state index contributed by atoms with van der Waals surface area (Å²) in [6.45, 7) is 3.23. The van der Waals surface area contributed by atoms with Gasteiger partial charge < -0.3 is 9.47 Å². The second kappa shape index (κ2) is 4.53. The Bertz CT molecular complexity index is 361. The highest BCUT2D eigenvalue weighted by atomic mass is 35.5. The van der Waals surface area contributed by atoms with Gasteiger partial charge in [0, 0.05) is 6.07 Å². The van der Waals surface area contributed by atoms with E-state index in [1.54, 1.807) is 45.2 Å². The maximum Gasteiger partial charge on any atom is 0.264 e. The highest BCUT2D eigenvalue weighted by molar-refractivity contribution is 6.65. The Morgan fingerprint density at radius 3 is 2.47 bits per heavy atom. The summed E-state index contributed by atoms with van der Waals surface area (Å²) in [5.74, 6) is 1.22. The van der Waals surface area contributed by atoms with Crippen LogP contribution >= 0.6 is 11.6 Å². The molecule has 0 spiro atoms. The van der Waals surface area contributed by atoms with Crippen molar-refractivity contribution in [2.75, 3.05) is 7.11 Å². The molecule has 3 nitrogen and oxygen atoms in total. The molecule has 0 aliphatic heterocycles. The number of carbonyl (C=O) groups excluding carboxylic acids is 1. The fourth-order valence-electron chi connectivity index (χ4n) is 0.999. The number of rotatable bonds is 4. The van der Waals surface area contributed by atoms with E-state index in [9.17, 15) is 4.79 Å². The average Bonchev–Trinajstić information content (AvgIpc) is 2.17. The molecule has 1 aromatic carbocycles. The van der Waals surface area contributed by atoms with Crippen molar-refractivity contribution in [3.05, 3.63) is 24.3 Å². The van der Waals surface area contributed by atoms with Gasteiger partial charge in [-0.1, -0.05) is 6.07 Å². The fraction of sp³-hybridized carbons (Fsp3) is 0.364. The van der Waals surface area contributed by atoms with E-state index in [0.717, 1.165) is 0 Å². The molecule has 15 heavy (non-hydrogen) atoms. The van der Waals surface area contributed by atoms with Gasteiger partial charge in [0.1, 0.15) is 11.5 Å². The number of hydrogen-bond donors (Lipinski definition) is 0. The zero-order chi connectivity index (χ0) is 11.5. The van der Waals surface area contributed by atoms with E-state index in [4.69, 9.17) is 21.1 Å². The van der Waals surface area contributed by atoms with Crippen molar-refractivity contribution >= 4 is 16.8 Å². The van der Waals surface area contributed by atoms with Crippen molar-refractivity contribution in [2.24, 2.45) is 0 Å². The van der Waals surface area contributed by atoms with Gasteiger partial charge in [-0.05, 0) is 37.6 Å². The third-order valence-corrected chi connectivity index (χ3v) is 2.34. The smallest absolute Gasteiger partial charge is 0.264 e. The van der Waals surface area contributed by atoms with Crippen LogP contribution in [-0.4, -0.2) is 18.0 Å². The van der Waals surface area contributed by atoms with Gasteiger partial charge in [-0.2, -0.15) is 0 Å². The van der Waals surface area contributed by atoms with Crippen LogP contribution in [0.3, 0.4) is 0 Å². The van der Waals surface area contributed by atoms with Crippen molar-refractivity contribution < 1.29 is 14.3 Å². The Balaban J connectivity index is 2.85. The van der Waals surface area contributed by atoms with Crippen LogP contribution in [0.4, 0.5) is 0 Å². The fourth-order valence-corrected chi connectivity index (χ4v) is 1.04. The van der Waals surface area contributed by atoms with E-state index >= 15 is 0 Å². The van der Waals surface area contributed by atoms with Gasteiger partial charge in [-0.3, -0.25) is 4.79 Å². The number of benzene rings is 1. The Labute approximate surface area is 93.9 Å². The summed E-state index contributed by atoms with van der Waals surface area (Å²) >= 11 is 5.40. The minimum absolute atomic E-state index is 0.537. The first-order valence-corrected chi connectivity index (χ1v) is 4.86. The van der Waals surface area contributed by atoms with E-state index in [0.29, 0.717) is 11.5 Å². The van der Waals surface area contributed by atoms with Crippen molar-refractivity contribution in [3.63, 3.8) is 0 Å². The summed E-state index contributed by atoms with van der Waals surface area (Å²) in [5, 5.41) is -0.537. The minimum atomic E-state index is -1.03. The number of methoxy groups -OCH3 is 1. The lowest BCUT2D eigenvalue weighted by molar-refractivity contribution is -0.123. The highest BCUT2D eigenvalue weighted by Gasteiger charge is 2.28. The topological polar surface area (TPSA) is 35.5 Å². The van der Waals surface area contributed by atoms with E-state index in [1.165, 1.54) is 0 Å². The summed E-state index contributed by atoms with van der Waals surface area (Å²) in [5.41, 5.74) is -1.03. The SMILES string of the molecule is COc1cccc(OC(C)(C)C(=O)Cl)c1. The van der Waals surface area contributed by atoms with Crippen LogP contribution in [0.15, 0.2) is 24.3 Å². The molecule has 0 atom stereocenters. The van der Waals surface area contributed by atoms with Gasteiger partial charge in [-0.15, -0.1) is 0 Å². The molecule has 0 aromatic heterocycles. The molecule has 82 valence electrons. The third kappa shape index (κ3) is 3.13. The van der Waals surface area contributed by atoms with E-state index in [1.807, 2.05) is 0 Å². The van der Waals surface area contributed by atoms with Gasteiger partial charge in [0.2, 0.25) is 0 Å². The number of ether oxygens (including phenoxy) is 2. The van der Waals surface area contributed by atoms with Crippen LogP contribution in [-0.2, 0) is 4.79 Å². The predicted molar refractivity (Wildman–Crippen MR) is 58.6 cm³/mol. The molecule has 0 unspecified atom stereocenters. The zero-order valence-electron chi connectivity index (χ0n) is 8.91. The molecule has 0 aliphatic rings.